The Hall–Kier alpha value is -3.53. The minimum Gasteiger partial charge on any atom is -0.492 e. The lowest BCUT2D eigenvalue weighted by atomic mass is 9.91. The molecule has 1 atom stereocenters. The second-order valence-corrected chi connectivity index (χ2v) is 9.75. The lowest BCUT2D eigenvalue weighted by molar-refractivity contribution is -0.129. The average Bonchev–Trinajstić information content (AvgIpc) is 3.59. The van der Waals surface area contributed by atoms with Crippen molar-refractivity contribution < 1.29 is 23.8 Å². The van der Waals surface area contributed by atoms with E-state index in [-0.39, 0.29) is 29.7 Å². The van der Waals surface area contributed by atoms with Crippen molar-refractivity contribution in [3.63, 3.8) is 0 Å². The summed E-state index contributed by atoms with van der Waals surface area (Å²) in [5.41, 5.74) is 2.64. The van der Waals surface area contributed by atoms with E-state index in [1.54, 1.807) is 12.3 Å². The van der Waals surface area contributed by atoms with Crippen LogP contribution in [-0.4, -0.2) is 56.7 Å². The third kappa shape index (κ3) is 5.33. The van der Waals surface area contributed by atoms with E-state index in [2.05, 4.69) is 25.6 Å². The van der Waals surface area contributed by atoms with Crippen molar-refractivity contribution >= 4 is 22.8 Å². The first-order valence-corrected chi connectivity index (χ1v) is 12.4. The number of rotatable bonds is 8. The number of halogens is 1. The predicted octanol–water partition coefficient (Wildman–Crippen LogP) is 3.09. The van der Waals surface area contributed by atoms with Crippen LogP contribution in [0.15, 0.2) is 30.7 Å². The highest BCUT2D eigenvalue weighted by molar-refractivity contribution is 6.07. The monoisotopic (exact) mass is 495 g/mol. The van der Waals surface area contributed by atoms with Gasteiger partial charge in [-0.15, -0.1) is 0 Å². The summed E-state index contributed by atoms with van der Waals surface area (Å²) in [5, 5.41) is 15.3. The number of carbonyl (C=O) groups is 2. The highest BCUT2D eigenvalue weighted by atomic mass is 19.1. The van der Waals surface area contributed by atoms with Crippen LogP contribution >= 0.6 is 0 Å². The molecule has 0 saturated heterocycles. The van der Waals surface area contributed by atoms with Gasteiger partial charge in [0.05, 0.1) is 17.7 Å². The molecule has 0 bridgehead atoms. The van der Waals surface area contributed by atoms with Gasteiger partial charge >= 0.3 is 0 Å². The number of aliphatic hydroxyl groups is 1. The number of aromatic amines is 1. The molecule has 0 unspecified atom stereocenters. The van der Waals surface area contributed by atoms with E-state index >= 15 is 0 Å². The smallest absolute Gasteiger partial charge is 0.255 e. The number of nitrogens with zero attached hydrogens (tertiary/aromatic N) is 2. The molecular weight excluding hydrogens is 465 g/mol. The molecule has 4 N–H and O–H groups in total. The van der Waals surface area contributed by atoms with Gasteiger partial charge in [-0.05, 0) is 63.5 Å². The van der Waals surface area contributed by atoms with Crippen LogP contribution in [0.5, 0.6) is 5.75 Å². The van der Waals surface area contributed by atoms with Crippen LogP contribution in [-0.2, 0) is 4.79 Å². The van der Waals surface area contributed by atoms with Gasteiger partial charge in [0, 0.05) is 29.9 Å². The largest absolute Gasteiger partial charge is 0.492 e. The number of aliphatic hydroxyl groups excluding tert-OH is 1. The van der Waals surface area contributed by atoms with Crippen molar-refractivity contribution in [1.82, 2.24) is 25.6 Å². The molecule has 2 aliphatic carbocycles. The molecule has 3 aromatic rings. The van der Waals surface area contributed by atoms with Crippen LogP contribution in [0.3, 0.4) is 0 Å². The Morgan fingerprint density at radius 3 is 2.56 bits per heavy atom. The molecule has 0 aliphatic heterocycles. The highest BCUT2D eigenvalue weighted by Gasteiger charge is 2.27. The Labute approximate surface area is 207 Å². The maximum absolute atomic E-state index is 14.0. The summed E-state index contributed by atoms with van der Waals surface area (Å²) in [6.45, 7) is 1.98. The minimum absolute atomic E-state index is 0.00400. The second-order valence-electron chi connectivity index (χ2n) is 9.75. The molecule has 0 spiro atoms. The van der Waals surface area contributed by atoms with Crippen LogP contribution in [0, 0.1) is 11.7 Å². The Morgan fingerprint density at radius 2 is 1.86 bits per heavy atom. The lowest BCUT2D eigenvalue weighted by Crippen LogP contribution is -2.45. The summed E-state index contributed by atoms with van der Waals surface area (Å²) < 4.78 is 19.9. The van der Waals surface area contributed by atoms with Crippen molar-refractivity contribution in [2.45, 2.75) is 63.6 Å². The molecule has 0 radical (unpaired) electrons. The van der Waals surface area contributed by atoms with Crippen LogP contribution < -0.4 is 15.4 Å². The summed E-state index contributed by atoms with van der Waals surface area (Å²) in [6.07, 6.45) is 7.09. The molecule has 2 aromatic heterocycles. The first-order valence-electron chi connectivity index (χ1n) is 12.4. The van der Waals surface area contributed by atoms with E-state index in [1.165, 1.54) is 25.4 Å². The molecule has 9 nitrogen and oxygen atoms in total. The number of nitrogens with one attached hydrogen (secondary N) is 3. The summed E-state index contributed by atoms with van der Waals surface area (Å²) in [6, 6.07) is 4.33. The molecular formula is C26H30FN5O4. The van der Waals surface area contributed by atoms with Gasteiger partial charge in [-0.1, -0.05) is 0 Å². The second kappa shape index (κ2) is 10.2. The fourth-order valence-electron chi connectivity index (χ4n) is 4.59. The van der Waals surface area contributed by atoms with Crippen molar-refractivity contribution in [2.24, 2.45) is 5.92 Å². The Balaban J connectivity index is 1.30. The van der Waals surface area contributed by atoms with E-state index < -0.39 is 6.10 Å². The lowest BCUT2D eigenvalue weighted by Gasteiger charge is -2.29. The first-order chi connectivity index (χ1) is 17.4. The quantitative estimate of drug-likeness (QED) is 0.380. The van der Waals surface area contributed by atoms with E-state index in [1.807, 2.05) is 0 Å². The molecule has 190 valence electrons. The normalized spacial score (nSPS) is 20.6. The summed E-state index contributed by atoms with van der Waals surface area (Å²) in [5.74, 6) is -0.0777. The maximum atomic E-state index is 14.0. The number of benzene rings is 1. The number of aromatic nitrogens is 3. The SMILES string of the molecule is C[C@H](O)C(=O)N[C@H]1CC[C@H](NC(=O)c2c[nH]c3c(-c4ccc(F)cc4OCC4CC4)ncnc23)CC1. The predicted molar refractivity (Wildman–Crippen MR) is 131 cm³/mol. The standard InChI is InChI=1S/C26H30FN5O4/c1-14(33)25(34)31-17-5-7-18(8-6-17)32-26(35)20-11-28-24-22(29-13-30-23(20)24)19-9-4-16(27)10-21(19)36-12-15-2-3-15/h4,9-11,13-15,17-18,28,33H,2-3,5-8,12H2,1H3,(H,31,34)(H,32,35)/t14-,17-,18-/m0/s1. The number of fused-ring (bicyclic) bond motifs is 1. The third-order valence-corrected chi connectivity index (χ3v) is 6.87. The molecule has 5 rings (SSSR count). The number of hydrogen-bond acceptors (Lipinski definition) is 6. The molecule has 10 heteroatoms. The highest BCUT2D eigenvalue weighted by Crippen LogP contribution is 2.36. The van der Waals surface area contributed by atoms with Crippen LogP contribution in [0.1, 0.15) is 55.8 Å². The number of ether oxygens (including phenoxy) is 1. The van der Waals surface area contributed by atoms with E-state index in [0.29, 0.717) is 46.1 Å². The van der Waals surface area contributed by atoms with Crippen LogP contribution in [0.4, 0.5) is 4.39 Å². The topological polar surface area (TPSA) is 129 Å². The molecule has 2 amide bonds. The van der Waals surface area contributed by atoms with Crippen molar-refractivity contribution in [3.05, 3.63) is 42.1 Å². The van der Waals surface area contributed by atoms with E-state index in [4.69, 9.17) is 4.74 Å². The summed E-state index contributed by atoms with van der Waals surface area (Å²) in [4.78, 5) is 36.7. The van der Waals surface area contributed by atoms with Gasteiger partial charge in [-0.2, -0.15) is 0 Å². The molecule has 36 heavy (non-hydrogen) atoms. The van der Waals surface area contributed by atoms with Crippen LogP contribution in [0.25, 0.3) is 22.3 Å². The maximum Gasteiger partial charge on any atom is 0.255 e. The Morgan fingerprint density at radius 1 is 1.14 bits per heavy atom. The van der Waals surface area contributed by atoms with E-state index in [9.17, 15) is 19.1 Å². The zero-order chi connectivity index (χ0) is 25.2. The first kappa shape index (κ1) is 24.2. The van der Waals surface area contributed by atoms with Gasteiger partial charge in [0.25, 0.3) is 5.91 Å². The zero-order valence-corrected chi connectivity index (χ0v) is 20.1. The summed E-state index contributed by atoms with van der Waals surface area (Å²) in [7, 11) is 0. The van der Waals surface area contributed by atoms with Gasteiger partial charge in [0.2, 0.25) is 5.91 Å². The molecule has 2 aliphatic rings. The fraction of sp³-hybridized carbons (Fsp3) is 0.462. The fourth-order valence-corrected chi connectivity index (χ4v) is 4.59. The van der Waals surface area contributed by atoms with Gasteiger partial charge in [0.15, 0.2) is 0 Å². The van der Waals surface area contributed by atoms with Crippen LogP contribution in [0.2, 0.25) is 0 Å². The molecule has 2 heterocycles. The zero-order valence-electron chi connectivity index (χ0n) is 20.1. The summed E-state index contributed by atoms with van der Waals surface area (Å²) >= 11 is 0. The van der Waals surface area contributed by atoms with Gasteiger partial charge in [-0.3, -0.25) is 9.59 Å². The Kier molecular flexibility index (Phi) is 6.86. The molecule has 2 saturated carbocycles. The number of H-pyrrole nitrogens is 1. The number of amides is 2. The molecule has 2 fully saturated rings. The van der Waals surface area contributed by atoms with Crippen molar-refractivity contribution in [1.29, 1.82) is 0 Å². The van der Waals surface area contributed by atoms with E-state index in [0.717, 1.165) is 38.5 Å². The molecule has 1 aromatic carbocycles. The Bertz CT molecular complexity index is 1260. The van der Waals surface area contributed by atoms with Crippen molar-refractivity contribution in [2.75, 3.05) is 6.61 Å². The average molecular weight is 496 g/mol. The van der Waals surface area contributed by atoms with Gasteiger partial charge < -0.3 is 25.5 Å². The number of carbonyl (C=O) groups excluding carboxylic acids is 2. The minimum atomic E-state index is -1.04. The van der Waals surface area contributed by atoms with Gasteiger partial charge in [-0.25, -0.2) is 14.4 Å². The third-order valence-electron chi connectivity index (χ3n) is 6.87. The van der Waals surface area contributed by atoms with Gasteiger partial charge in [0.1, 0.15) is 35.2 Å². The van der Waals surface area contributed by atoms with Crippen molar-refractivity contribution in [3.8, 4) is 17.0 Å². The number of hydrogen-bond donors (Lipinski definition) is 4.